The molecule has 0 amide bonds. The zero-order valence-electron chi connectivity index (χ0n) is 12.6. The second-order valence-electron chi connectivity index (χ2n) is 4.93. The Kier molecular flexibility index (Phi) is 5.55. The Hall–Kier alpha value is -2.25. The highest BCUT2D eigenvalue weighted by atomic mass is 32.2. The summed E-state index contributed by atoms with van der Waals surface area (Å²) in [5.41, 5.74) is 1.66. The summed E-state index contributed by atoms with van der Waals surface area (Å²) in [6, 6.07) is 15.5. The summed E-state index contributed by atoms with van der Waals surface area (Å²) in [4.78, 5) is 12.1. The first-order chi connectivity index (χ1) is 11.7. The third kappa shape index (κ3) is 4.62. The van der Waals surface area contributed by atoms with Crippen LogP contribution in [0.4, 0.5) is 9.52 Å². The van der Waals surface area contributed by atoms with Crippen LogP contribution in [0.25, 0.3) is 0 Å². The molecule has 0 unspecified atom stereocenters. The zero-order chi connectivity index (χ0) is 16.8. The Labute approximate surface area is 147 Å². The second kappa shape index (κ2) is 8.03. The van der Waals surface area contributed by atoms with Crippen LogP contribution >= 0.6 is 23.1 Å². The number of rotatable bonds is 7. The second-order valence-corrected chi connectivity index (χ2v) is 7.13. The summed E-state index contributed by atoms with van der Waals surface area (Å²) in [5, 5.41) is 11.9. The van der Waals surface area contributed by atoms with E-state index in [2.05, 4.69) is 15.5 Å². The van der Waals surface area contributed by atoms with E-state index in [1.807, 2.05) is 18.2 Å². The minimum absolute atomic E-state index is 0.0663. The largest absolute Gasteiger partial charge is 0.356 e. The van der Waals surface area contributed by atoms with Gasteiger partial charge in [-0.25, -0.2) is 4.39 Å². The van der Waals surface area contributed by atoms with Gasteiger partial charge in [0.05, 0.1) is 5.75 Å². The van der Waals surface area contributed by atoms with Crippen LogP contribution in [0, 0.1) is 5.82 Å². The maximum absolute atomic E-state index is 12.9. The van der Waals surface area contributed by atoms with Crippen LogP contribution < -0.4 is 5.32 Å². The van der Waals surface area contributed by atoms with Crippen LogP contribution in [0.5, 0.6) is 0 Å². The molecule has 3 aromatic rings. The Balaban J connectivity index is 1.50. The van der Waals surface area contributed by atoms with Gasteiger partial charge >= 0.3 is 0 Å². The number of anilines is 1. The molecule has 1 heterocycles. The predicted molar refractivity (Wildman–Crippen MR) is 95.1 cm³/mol. The minimum Gasteiger partial charge on any atom is -0.356 e. The molecule has 122 valence electrons. The lowest BCUT2D eigenvalue weighted by atomic mass is 10.2. The average Bonchev–Trinajstić information content (AvgIpc) is 3.08. The van der Waals surface area contributed by atoms with Gasteiger partial charge in [0.1, 0.15) is 5.82 Å². The molecule has 0 fully saturated rings. The molecule has 2 aromatic carbocycles. The Morgan fingerprint density at radius 1 is 1.08 bits per heavy atom. The first-order valence-corrected chi connectivity index (χ1v) is 9.04. The van der Waals surface area contributed by atoms with Gasteiger partial charge < -0.3 is 5.32 Å². The number of aromatic nitrogens is 2. The fourth-order valence-electron chi connectivity index (χ4n) is 1.95. The van der Waals surface area contributed by atoms with E-state index in [9.17, 15) is 9.18 Å². The van der Waals surface area contributed by atoms with E-state index < -0.39 is 0 Å². The fraction of sp³-hybridized carbons (Fsp3) is 0.118. The van der Waals surface area contributed by atoms with E-state index in [-0.39, 0.29) is 11.6 Å². The molecular weight excluding hydrogens is 345 g/mol. The van der Waals surface area contributed by atoms with Crippen molar-refractivity contribution < 1.29 is 9.18 Å². The van der Waals surface area contributed by atoms with Crippen molar-refractivity contribution in [1.29, 1.82) is 0 Å². The summed E-state index contributed by atoms with van der Waals surface area (Å²) < 4.78 is 13.6. The number of halogens is 1. The highest BCUT2D eigenvalue weighted by Gasteiger charge is 2.09. The fourth-order valence-corrected chi connectivity index (χ4v) is 3.60. The van der Waals surface area contributed by atoms with Crippen molar-refractivity contribution in [3.63, 3.8) is 0 Å². The summed E-state index contributed by atoms with van der Waals surface area (Å²) in [6.45, 7) is 0.544. The summed E-state index contributed by atoms with van der Waals surface area (Å²) in [5.74, 6) is 0.143. The molecule has 0 atom stereocenters. The maximum Gasteiger partial charge on any atom is 0.206 e. The molecule has 0 saturated carbocycles. The van der Waals surface area contributed by atoms with Gasteiger partial charge in [-0.15, -0.1) is 10.2 Å². The number of hydrogen-bond donors (Lipinski definition) is 1. The molecule has 0 bridgehead atoms. The van der Waals surface area contributed by atoms with Gasteiger partial charge in [-0.05, 0) is 17.7 Å². The van der Waals surface area contributed by atoms with Crippen LogP contribution in [-0.4, -0.2) is 21.7 Å². The third-order valence-electron chi connectivity index (χ3n) is 3.19. The van der Waals surface area contributed by atoms with E-state index in [1.54, 1.807) is 24.3 Å². The summed E-state index contributed by atoms with van der Waals surface area (Å²) >= 11 is 2.77. The van der Waals surface area contributed by atoms with E-state index in [0.717, 1.165) is 9.90 Å². The van der Waals surface area contributed by atoms with E-state index in [1.165, 1.54) is 35.2 Å². The number of hydrogen-bond acceptors (Lipinski definition) is 6. The molecule has 24 heavy (non-hydrogen) atoms. The number of thioether (sulfide) groups is 1. The molecule has 0 spiro atoms. The normalized spacial score (nSPS) is 10.5. The standard InChI is InChI=1S/C17H14FN3OS2/c18-14-8-6-12(7-9-14)10-19-16-20-21-17(24-16)23-11-15(22)13-4-2-1-3-5-13/h1-9H,10-11H2,(H,19,20). The van der Waals surface area contributed by atoms with Gasteiger partial charge in [-0.1, -0.05) is 65.6 Å². The number of carbonyl (C=O) groups is 1. The van der Waals surface area contributed by atoms with Gasteiger partial charge in [0, 0.05) is 12.1 Å². The lowest BCUT2D eigenvalue weighted by molar-refractivity contribution is 0.102. The van der Waals surface area contributed by atoms with E-state index in [0.29, 0.717) is 23.0 Å². The smallest absolute Gasteiger partial charge is 0.206 e. The SMILES string of the molecule is O=C(CSc1nnc(NCc2ccc(F)cc2)s1)c1ccccc1. The van der Waals surface area contributed by atoms with Crippen LogP contribution in [-0.2, 0) is 6.54 Å². The minimum atomic E-state index is -0.253. The molecule has 0 aliphatic rings. The van der Waals surface area contributed by atoms with Crippen molar-refractivity contribution in [1.82, 2.24) is 10.2 Å². The molecule has 7 heteroatoms. The maximum atomic E-state index is 12.9. The number of ketones is 1. The van der Waals surface area contributed by atoms with Crippen molar-refractivity contribution in [3.8, 4) is 0 Å². The molecule has 1 aromatic heterocycles. The molecule has 0 saturated heterocycles. The van der Waals surface area contributed by atoms with Crippen molar-refractivity contribution in [2.75, 3.05) is 11.1 Å². The topological polar surface area (TPSA) is 54.9 Å². The van der Waals surface area contributed by atoms with E-state index in [4.69, 9.17) is 0 Å². The molecule has 0 aliphatic heterocycles. The van der Waals surface area contributed by atoms with Crippen LogP contribution in [0.2, 0.25) is 0 Å². The average molecular weight is 359 g/mol. The number of carbonyl (C=O) groups excluding carboxylic acids is 1. The molecular formula is C17H14FN3OS2. The number of nitrogens with zero attached hydrogens (tertiary/aromatic N) is 2. The first-order valence-electron chi connectivity index (χ1n) is 7.23. The van der Waals surface area contributed by atoms with E-state index >= 15 is 0 Å². The van der Waals surface area contributed by atoms with Crippen molar-refractivity contribution >= 4 is 34.0 Å². The predicted octanol–water partition coefficient (Wildman–Crippen LogP) is 4.26. The zero-order valence-corrected chi connectivity index (χ0v) is 14.2. The highest BCUT2D eigenvalue weighted by Crippen LogP contribution is 2.26. The van der Waals surface area contributed by atoms with Crippen LogP contribution in [0.15, 0.2) is 58.9 Å². The molecule has 0 radical (unpaired) electrons. The van der Waals surface area contributed by atoms with Gasteiger partial charge in [-0.2, -0.15) is 0 Å². The van der Waals surface area contributed by atoms with Crippen molar-refractivity contribution in [2.24, 2.45) is 0 Å². The molecule has 1 N–H and O–H groups in total. The Morgan fingerprint density at radius 3 is 2.58 bits per heavy atom. The third-order valence-corrected chi connectivity index (χ3v) is 5.20. The number of nitrogens with one attached hydrogen (secondary N) is 1. The lowest BCUT2D eigenvalue weighted by Gasteiger charge is -2.01. The van der Waals surface area contributed by atoms with Gasteiger partial charge in [0.25, 0.3) is 0 Å². The van der Waals surface area contributed by atoms with Crippen molar-refractivity contribution in [2.45, 2.75) is 10.9 Å². The monoisotopic (exact) mass is 359 g/mol. The summed E-state index contributed by atoms with van der Waals surface area (Å²) in [7, 11) is 0. The summed E-state index contributed by atoms with van der Waals surface area (Å²) in [6.07, 6.45) is 0. The first kappa shape index (κ1) is 16.6. The Morgan fingerprint density at radius 2 is 1.83 bits per heavy atom. The molecule has 0 aliphatic carbocycles. The van der Waals surface area contributed by atoms with Crippen molar-refractivity contribution in [3.05, 3.63) is 71.5 Å². The highest BCUT2D eigenvalue weighted by molar-refractivity contribution is 8.01. The van der Waals surface area contributed by atoms with Gasteiger partial charge in [-0.3, -0.25) is 4.79 Å². The van der Waals surface area contributed by atoms with Crippen LogP contribution in [0.3, 0.4) is 0 Å². The van der Waals surface area contributed by atoms with Crippen LogP contribution in [0.1, 0.15) is 15.9 Å². The lowest BCUT2D eigenvalue weighted by Crippen LogP contribution is -2.01. The number of benzene rings is 2. The molecule has 4 nitrogen and oxygen atoms in total. The molecule has 3 rings (SSSR count). The van der Waals surface area contributed by atoms with Gasteiger partial charge in [0.2, 0.25) is 5.13 Å². The van der Waals surface area contributed by atoms with Gasteiger partial charge in [0.15, 0.2) is 10.1 Å². The quantitative estimate of drug-likeness (QED) is 0.504. The Bertz CT molecular complexity index is 806. The number of Topliss-reactive ketones (excluding diaryl/α,β-unsaturated/α-hetero) is 1.